The maximum atomic E-state index is 11.3. The summed E-state index contributed by atoms with van der Waals surface area (Å²) in [6, 6.07) is 8.32. The van der Waals surface area contributed by atoms with E-state index < -0.39 is 0 Å². The van der Waals surface area contributed by atoms with Crippen LogP contribution in [0.5, 0.6) is 0 Å². The molecule has 0 aromatic heterocycles. The van der Waals surface area contributed by atoms with Crippen LogP contribution in [0, 0.1) is 12.8 Å². The Labute approximate surface area is 96.0 Å². The average Bonchev–Trinajstić information content (AvgIpc) is 2.65. The number of anilines is 1. The molecule has 2 rings (SSSR count). The molecule has 1 aromatic rings. The Morgan fingerprint density at radius 3 is 2.62 bits per heavy atom. The second-order valence-electron chi connectivity index (χ2n) is 4.37. The lowest BCUT2D eigenvalue weighted by Gasteiger charge is -2.21. The maximum Gasteiger partial charge on any atom is 0.310 e. The van der Waals surface area contributed by atoms with Crippen LogP contribution in [0.4, 0.5) is 5.69 Å². The van der Waals surface area contributed by atoms with Gasteiger partial charge in [-0.25, -0.2) is 0 Å². The van der Waals surface area contributed by atoms with Gasteiger partial charge in [0.25, 0.3) is 0 Å². The van der Waals surface area contributed by atoms with Gasteiger partial charge in [0.1, 0.15) is 0 Å². The van der Waals surface area contributed by atoms with Gasteiger partial charge in [0, 0.05) is 19.3 Å². The lowest BCUT2D eigenvalue weighted by Crippen LogP contribution is -2.27. The van der Waals surface area contributed by atoms with E-state index in [2.05, 4.69) is 36.1 Å². The van der Waals surface area contributed by atoms with Gasteiger partial charge in [0.15, 0.2) is 0 Å². The summed E-state index contributed by atoms with van der Waals surface area (Å²) in [6.07, 6.45) is 0.842. The Bertz CT molecular complexity index is 372. The molecule has 0 bridgehead atoms. The van der Waals surface area contributed by atoms with Gasteiger partial charge < -0.3 is 9.64 Å². The molecule has 0 amide bonds. The largest absolute Gasteiger partial charge is 0.465 e. The molecular formula is C13H17NO2. The Balaban J connectivity index is 1.99. The van der Waals surface area contributed by atoms with Gasteiger partial charge in [-0.15, -0.1) is 0 Å². The fraction of sp³-hybridized carbons (Fsp3) is 0.462. The first-order valence-electron chi connectivity index (χ1n) is 5.61. The molecule has 0 unspecified atom stereocenters. The van der Waals surface area contributed by atoms with Gasteiger partial charge in [-0.1, -0.05) is 17.7 Å². The third kappa shape index (κ3) is 2.35. The maximum absolute atomic E-state index is 11.3. The normalized spacial score (nSPS) is 19.6. The molecular weight excluding hydrogens is 202 g/mol. The van der Waals surface area contributed by atoms with Crippen LogP contribution in [0.15, 0.2) is 24.3 Å². The summed E-state index contributed by atoms with van der Waals surface area (Å²) in [5.74, 6) is -0.0229. The third-order valence-electron chi connectivity index (χ3n) is 3.01. The second-order valence-corrected chi connectivity index (χ2v) is 4.37. The van der Waals surface area contributed by atoms with Crippen molar-refractivity contribution >= 4 is 11.7 Å². The smallest absolute Gasteiger partial charge is 0.310 e. The number of benzene rings is 1. The monoisotopic (exact) mass is 219 g/mol. The topological polar surface area (TPSA) is 29.5 Å². The number of ether oxygens (including phenoxy) is 1. The van der Waals surface area contributed by atoms with E-state index in [9.17, 15) is 4.79 Å². The molecule has 1 aliphatic heterocycles. The molecule has 0 spiro atoms. The molecule has 16 heavy (non-hydrogen) atoms. The molecule has 0 N–H and O–H groups in total. The molecule has 3 heteroatoms. The minimum absolute atomic E-state index is 0.0336. The van der Waals surface area contributed by atoms with E-state index in [1.807, 2.05) is 7.05 Å². The summed E-state index contributed by atoms with van der Waals surface area (Å²) >= 11 is 0. The van der Waals surface area contributed by atoms with E-state index in [1.165, 1.54) is 5.56 Å². The van der Waals surface area contributed by atoms with Crippen molar-refractivity contribution in [1.29, 1.82) is 0 Å². The number of esters is 1. The van der Waals surface area contributed by atoms with Crippen LogP contribution in [0.25, 0.3) is 0 Å². The first-order valence-corrected chi connectivity index (χ1v) is 5.61. The summed E-state index contributed by atoms with van der Waals surface area (Å²) in [4.78, 5) is 13.5. The number of nitrogens with zero attached hydrogens (tertiary/aromatic N) is 1. The number of carbonyl (C=O) groups is 1. The average molecular weight is 219 g/mol. The van der Waals surface area contributed by atoms with Crippen LogP contribution in [0.2, 0.25) is 0 Å². The molecule has 1 aromatic carbocycles. The van der Waals surface area contributed by atoms with Crippen molar-refractivity contribution in [2.24, 2.45) is 5.92 Å². The highest BCUT2D eigenvalue weighted by Gasteiger charge is 2.27. The highest BCUT2D eigenvalue weighted by Crippen LogP contribution is 2.19. The number of carbonyl (C=O) groups excluding carboxylic acids is 1. The predicted octanol–water partition coefficient (Wildman–Crippen LogP) is 1.99. The number of rotatable bonds is 3. The molecule has 1 heterocycles. The minimum Gasteiger partial charge on any atom is -0.465 e. The third-order valence-corrected chi connectivity index (χ3v) is 3.01. The summed E-state index contributed by atoms with van der Waals surface area (Å²) in [7, 11) is 2.01. The first-order chi connectivity index (χ1) is 7.66. The molecule has 1 fully saturated rings. The molecule has 86 valence electrons. The number of hydrogen-bond donors (Lipinski definition) is 0. The highest BCUT2D eigenvalue weighted by molar-refractivity contribution is 5.75. The quantitative estimate of drug-likeness (QED) is 0.728. The van der Waals surface area contributed by atoms with Gasteiger partial charge in [0.2, 0.25) is 0 Å². The lowest BCUT2D eigenvalue weighted by molar-refractivity contribution is -0.140. The second kappa shape index (κ2) is 4.56. The summed E-state index contributed by atoms with van der Waals surface area (Å²) < 4.78 is 4.96. The standard InChI is InChI=1S/C13H17NO2/c1-10-3-5-12(6-4-10)14(2)9-11-7-8-16-13(11)15/h3-6,11H,7-9H2,1-2H3/t11-/m1/s1. The van der Waals surface area contributed by atoms with E-state index in [0.29, 0.717) is 6.61 Å². The Morgan fingerprint density at radius 2 is 2.06 bits per heavy atom. The number of aryl methyl sites for hydroxylation is 1. The molecule has 1 aliphatic rings. The van der Waals surface area contributed by atoms with E-state index >= 15 is 0 Å². The van der Waals surface area contributed by atoms with Crippen LogP contribution in [0.3, 0.4) is 0 Å². The van der Waals surface area contributed by atoms with E-state index in [4.69, 9.17) is 4.74 Å². The SMILES string of the molecule is Cc1ccc(N(C)C[C@H]2CCOC2=O)cc1. The van der Waals surface area contributed by atoms with Crippen molar-refractivity contribution in [3.8, 4) is 0 Å². The van der Waals surface area contributed by atoms with Crippen molar-refractivity contribution in [3.63, 3.8) is 0 Å². The molecule has 3 nitrogen and oxygen atoms in total. The Kier molecular flexibility index (Phi) is 3.13. The van der Waals surface area contributed by atoms with Crippen LogP contribution < -0.4 is 4.90 Å². The zero-order valence-electron chi connectivity index (χ0n) is 9.77. The predicted molar refractivity (Wildman–Crippen MR) is 63.5 cm³/mol. The lowest BCUT2D eigenvalue weighted by atomic mass is 10.1. The van der Waals surface area contributed by atoms with Crippen molar-refractivity contribution < 1.29 is 9.53 Å². The fourth-order valence-corrected chi connectivity index (χ4v) is 1.94. The van der Waals surface area contributed by atoms with Crippen molar-refractivity contribution in [2.45, 2.75) is 13.3 Å². The number of hydrogen-bond acceptors (Lipinski definition) is 3. The zero-order chi connectivity index (χ0) is 11.5. The summed E-state index contributed by atoms with van der Waals surface area (Å²) in [5.41, 5.74) is 2.39. The van der Waals surface area contributed by atoms with Crippen LogP contribution in [-0.4, -0.2) is 26.2 Å². The molecule has 1 saturated heterocycles. The van der Waals surface area contributed by atoms with Crippen molar-refractivity contribution in [3.05, 3.63) is 29.8 Å². The van der Waals surface area contributed by atoms with Gasteiger partial charge in [-0.2, -0.15) is 0 Å². The first kappa shape index (κ1) is 11.0. The summed E-state index contributed by atoms with van der Waals surface area (Å²) in [5, 5.41) is 0. The molecule has 0 aliphatic carbocycles. The van der Waals surface area contributed by atoms with Gasteiger partial charge >= 0.3 is 5.97 Å². The van der Waals surface area contributed by atoms with E-state index in [0.717, 1.165) is 18.7 Å². The van der Waals surface area contributed by atoms with Crippen LogP contribution in [0.1, 0.15) is 12.0 Å². The highest BCUT2D eigenvalue weighted by atomic mass is 16.5. The van der Waals surface area contributed by atoms with Crippen molar-refractivity contribution in [2.75, 3.05) is 25.1 Å². The van der Waals surface area contributed by atoms with E-state index in [-0.39, 0.29) is 11.9 Å². The fourth-order valence-electron chi connectivity index (χ4n) is 1.94. The Morgan fingerprint density at radius 1 is 1.38 bits per heavy atom. The zero-order valence-corrected chi connectivity index (χ0v) is 9.77. The van der Waals surface area contributed by atoms with Crippen molar-refractivity contribution in [1.82, 2.24) is 0 Å². The van der Waals surface area contributed by atoms with Crippen LogP contribution in [-0.2, 0) is 9.53 Å². The van der Waals surface area contributed by atoms with E-state index in [1.54, 1.807) is 0 Å². The molecule has 0 saturated carbocycles. The van der Waals surface area contributed by atoms with Crippen LogP contribution >= 0.6 is 0 Å². The minimum atomic E-state index is -0.0565. The molecule has 1 atom stereocenters. The van der Waals surface area contributed by atoms with Gasteiger partial charge in [0.05, 0.1) is 12.5 Å². The van der Waals surface area contributed by atoms with Gasteiger partial charge in [-0.3, -0.25) is 4.79 Å². The molecule has 0 radical (unpaired) electrons. The Hall–Kier alpha value is -1.51. The summed E-state index contributed by atoms with van der Waals surface area (Å²) in [6.45, 7) is 3.38. The number of cyclic esters (lactones) is 1. The van der Waals surface area contributed by atoms with Gasteiger partial charge in [-0.05, 0) is 25.5 Å².